The Hall–Kier alpha value is -1.51. The minimum absolute atomic E-state index is 0.00881. The number of non-ortho nitro benzene ring substituents is 1. The van der Waals surface area contributed by atoms with Gasteiger partial charge in [0.25, 0.3) is 5.69 Å². The number of nitrogens with one attached hydrogen (secondary N) is 1. The molecule has 0 radical (unpaired) electrons. The molecule has 7 nitrogen and oxygen atoms in total. The lowest BCUT2D eigenvalue weighted by Crippen LogP contribution is -2.25. The monoisotopic (exact) mass is 288 g/mol. The molecule has 8 heteroatoms. The number of ether oxygens (including phenoxy) is 1. The molecule has 19 heavy (non-hydrogen) atoms. The van der Waals surface area contributed by atoms with Crippen molar-refractivity contribution in [3.63, 3.8) is 0 Å². The minimum Gasteiger partial charge on any atom is -0.382 e. The van der Waals surface area contributed by atoms with E-state index in [9.17, 15) is 18.5 Å². The third-order valence-corrected chi connectivity index (χ3v) is 3.80. The van der Waals surface area contributed by atoms with Gasteiger partial charge in [0.1, 0.15) is 0 Å². The Kier molecular flexibility index (Phi) is 5.87. The molecule has 0 aromatic heterocycles. The standard InChI is InChI=1S/C11H16N2O5S/c1-2-18-9-3-8-12-19(16,17)11-6-4-10(5-7-11)13(14)15/h4-7,12H,2-3,8-9H2,1H3. The maximum atomic E-state index is 11.8. The fraction of sp³-hybridized carbons (Fsp3) is 0.455. The van der Waals surface area contributed by atoms with E-state index < -0.39 is 14.9 Å². The molecule has 0 atom stereocenters. The van der Waals surface area contributed by atoms with Crippen LogP contribution in [0.1, 0.15) is 13.3 Å². The number of nitro groups is 1. The van der Waals surface area contributed by atoms with Crippen LogP contribution in [0.25, 0.3) is 0 Å². The SMILES string of the molecule is CCOCCCNS(=O)(=O)c1ccc([N+](=O)[O-])cc1. The molecule has 1 aromatic rings. The van der Waals surface area contributed by atoms with Gasteiger partial charge in [-0.25, -0.2) is 13.1 Å². The van der Waals surface area contributed by atoms with E-state index >= 15 is 0 Å². The summed E-state index contributed by atoms with van der Waals surface area (Å²) in [5.41, 5.74) is -0.143. The molecule has 0 saturated carbocycles. The number of sulfonamides is 1. The average molecular weight is 288 g/mol. The number of hydrogen-bond donors (Lipinski definition) is 1. The van der Waals surface area contributed by atoms with Gasteiger partial charge in [-0.15, -0.1) is 0 Å². The zero-order valence-electron chi connectivity index (χ0n) is 10.5. The lowest BCUT2D eigenvalue weighted by molar-refractivity contribution is -0.384. The summed E-state index contributed by atoms with van der Waals surface area (Å²) in [6.07, 6.45) is 0.569. The fourth-order valence-corrected chi connectivity index (χ4v) is 2.43. The first-order chi connectivity index (χ1) is 8.97. The normalized spacial score (nSPS) is 11.4. The van der Waals surface area contributed by atoms with Crippen LogP contribution in [0, 0.1) is 10.1 Å². The van der Waals surface area contributed by atoms with Gasteiger partial charge < -0.3 is 4.74 Å². The second kappa shape index (κ2) is 7.17. The Bertz CT molecular complexity index is 512. The number of nitro benzene ring substituents is 1. The Morgan fingerprint density at radius 2 is 1.95 bits per heavy atom. The first kappa shape index (κ1) is 15.5. The van der Waals surface area contributed by atoms with Gasteiger partial charge in [0.05, 0.1) is 9.82 Å². The molecule has 0 fully saturated rings. The van der Waals surface area contributed by atoms with E-state index in [1.807, 2.05) is 6.92 Å². The van der Waals surface area contributed by atoms with Crippen molar-refractivity contribution < 1.29 is 18.1 Å². The van der Waals surface area contributed by atoms with Gasteiger partial charge in [-0.05, 0) is 25.5 Å². The molecular weight excluding hydrogens is 272 g/mol. The van der Waals surface area contributed by atoms with Crippen LogP contribution in [-0.2, 0) is 14.8 Å². The van der Waals surface area contributed by atoms with Crippen molar-refractivity contribution >= 4 is 15.7 Å². The fourth-order valence-electron chi connectivity index (χ4n) is 1.36. The summed E-state index contributed by atoms with van der Waals surface area (Å²) < 4.78 is 31.1. The predicted octanol–water partition coefficient (Wildman–Crippen LogP) is 1.30. The molecule has 0 spiro atoms. The number of benzene rings is 1. The van der Waals surface area contributed by atoms with Crippen molar-refractivity contribution in [1.82, 2.24) is 4.72 Å². The zero-order chi connectivity index (χ0) is 14.3. The third-order valence-electron chi connectivity index (χ3n) is 2.32. The highest BCUT2D eigenvalue weighted by molar-refractivity contribution is 7.89. The van der Waals surface area contributed by atoms with Crippen LogP contribution in [-0.4, -0.2) is 33.1 Å². The summed E-state index contributed by atoms with van der Waals surface area (Å²) in [4.78, 5) is 9.89. The van der Waals surface area contributed by atoms with E-state index in [1.165, 1.54) is 12.1 Å². The van der Waals surface area contributed by atoms with Crippen LogP contribution < -0.4 is 4.72 Å². The van der Waals surface area contributed by atoms with Crippen LogP contribution in [0.5, 0.6) is 0 Å². The van der Waals surface area contributed by atoms with Crippen molar-refractivity contribution in [3.8, 4) is 0 Å². The van der Waals surface area contributed by atoms with Crippen molar-refractivity contribution in [2.24, 2.45) is 0 Å². The highest BCUT2D eigenvalue weighted by Gasteiger charge is 2.14. The van der Waals surface area contributed by atoms with Crippen molar-refractivity contribution in [2.75, 3.05) is 19.8 Å². The quantitative estimate of drug-likeness (QED) is 0.441. The van der Waals surface area contributed by atoms with Gasteiger partial charge >= 0.3 is 0 Å². The highest BCUT2D eigenvalue weighted by atomic mass is 32.2. The van der Waals surface area contributed by atoms with Crippen LogP contribution in [0.2, 0.25) is 0 Å². The van der Waals surface area contributed by atoms with E-state index in [2.05, 4.69) is 4.72 Å². The van der Waals surface area contributed by atoms with Crippen LogP contribution >= 0.6 is 0 Å². The van der Waals surface area contributed by atoms with Crippen molar-refractivity contribution in [3.05, 3.63) is 34.4 Å². The van der Waals surface area contributed by atoms with E-state index in [4.69, 9.17) is 4.74 Å². The first-order valence-electron chi connectivity index (χ1n) is 5.79. The summed E-state index contributed by atoms with van der Waals surface area (Å²) in [6, 6.07) is 4.75. The van der Waals surface area contributed by atoms with Gasteiger partial charge in [0, 0.05) is 31.9 Å². The summed E-state index contributed by atoms with van der Waals surface area (Å²) in [6.45, 7) is 3.20. The molecule has 0 amide bonds. The molecule has 0 aliphatic rings. The summed E-state index contributed by atoms with van der Waals surface area (Å²) in [7, 11) is -3.62. The molecule has 106 valence electrons. The number of rotatable bonds is 8. The van der Waals surface area contributed by atoms with Crippen LogP contribution in [0.3, 0.4) is 0 Å². The number of hydrogen-bond acceptors (Lipinski definition) is 5. The maximum Gasteiger partial charge on any atom is 0.269 e. The van der Waals surface area contributed by atoms with Gasteiger partial charge in [-0.1, -0.05) is 0 Å². The molecule has 1 N–H and O–H groups in total. The lowest BCUT2D eigenvalue weighted by atomic mass is 10.3. The van der Waals surface area contributed by atoms with Gasteiger partial charge in [-0.2, -0.15) is 0 Å². The Balaban J connectivity index is 2.59. The van der Waals surface area contributed by atoms with Crippen LogP contribution in [0.4, 0.5) is 5.69 Å². The van der Waals surface area contributed by atoms with E-state index in [0.29, 0.717) is 19.6 Å². The summed E-state index contributed by atoms with van der Waals surface area (Å²) in [5.74, 6) is 0. The highest BCUT2D eigenvalue weighted by Crippen LogP contribution is 2.15. The van der Waals surface area contributed by atoms with Gasteiger partial charge in [-0.3, -0.25) is 10.1 Å². The van der Waals surface area contributed by atoms with Gasteiger partial charge in [0.2, 0.25) is 10.0 Å². The third kappa shape index (κ3) is 4.93. The zero-order valence-corrected chi connectivity index (χ0v) is 11.4. The molecule has 0 unspecified atom stereocenters. The summed E-state index contributed by atoms with van der Waals surface area (Å²) >= 11 is 0. The molecule has 1 rings (SSSR count). The Morgan fingerprint density at radius 1 is 1.32 bits per heavy atom. The minimum atomic E-state index is -3.62. The topological polar surface area (TPSA) is 98.5 Å². The molecule has 0 saturated heterocycles. The smallest absolute Gasteiger partial charge is 0.269 e. The first-order valence-corrected chi connectivity index (χ1v) is 7.27. The molecule has 0 heterocycles. The molecule has 0 aliphatic carbocycles. The Morgan fingerprint density at radius 3 is 2.47 bits per heavy atom. The van der Waals surface area contributed by atoms with E-state index in [-0.39, 0.29) is 17.1 Å². The molecule has 0 bridgehead atoms. The van der Waals surface area contributed by atoms with Crippen molar-refractivity contribution in [2.45, 2.75) is 18.2 Å². The summed E-state index contributed by atoms with van der Waals surface area (Å²) in [5, 5.41) is 10.5. The lowest BCUT2D eigenvalue weighted by Gasteiger charge is -2.06. The Labute approximate surface area is 111 Å². The van der Waals surface area contributed by atoms with E-state index in [0.717, 1.165) is 12.1 Å². The van der Waals surface area contributed by atoms with Crippen LogP contribution in [0.15, 0.2) is 29.2 Å². The van der Waals surface area contributed by atoms with Crippen molar-refractivity contribution in [1.29, 1.82) is 0 Å². The molecular formula is C11H16N2O5S. The van der Waals surface area contributed by atoms with Gasteiger partial charge in [0.15, 0.2) is 0 Å². The second-order valence-corrected chi connectivity index (χ2v) is 5.47. The predicted molar refractivity (Wildman–Crippen MR) is 69.4 cm³/mol. The molecule has 1 aromatic carbocycles. The largest absolute Gasteiger partial charge is 0.382 e. The second-order valence-electron chi connectivity index (χ2n) is 3.70. The maximum absolute atomic E-state index is 11.8. The molecule has 0 aliphatic heterocycles. The average Bonchev–Trinajstić information content (AvgIpc) is 2.38. The number of nitrogens with zero attached hydrogens (tertiary/aromatic N) is 1. The van der Waals surface area contributed by atoms with E-state index in [1.54, 1.807) is 0 Å².